The van der Waals surface area contributed by atoms with E-state index in [0.717, 1.165) is 12.1 Å². The monoisotopic (exact) mass is 308 g/mol. The molecule has 4 N–H and O–H groups in total. The third kappa shape index (κ3) is 4.14. The number of primary amides is 1. The molecule has 0 heterocycles. The smallest absolute Gasteiger partial charge is 0.225 e. The molecule has 0 aromatic heterocycles. The second-order valence-corrected chi connectivity index (χ2v) is 6.04. The highest BCUT2D eigenvalue weighted by atomic mass is 35.5. The lowest BCUT2D eigenvalue weighted by Crippen LogP contribution is -2.30. The van der Waals surface area contributed by atoms with E-state index in [1.165, 1.54) is 0 Å². The van der Waals surface area contributed by atoms with Gasteiger partial charge in [0, 0.05) is 35.5 Å². The number of amides is 1. The molecule has 0 radical (unpaired) electrons. The number of nitrogens with one attached hydrogen (secondary N) is 1. The Hall–Kier alpha value is -1.68. The van der Waals surface area contributed by atoms with Gasteiger partial charge in [0.05, 0.1) is 11.7 Å². The number of aliphatic hydroxyl groups is 1. The van der Waals surface area contributed by atoms with E-state index < -0.39 is 0 Å². The molecule has 0 bridgehead atoms. The first-order valence-corrected chi connectivity index (χ1v) is 7.50. The van der Waals surface area contributed by atoms with Crippen molar-refractivity contribution in [3.8, 4) is 0 Å². The predicted octanol–water partition coefficient (Wildman–Crippen LogP) is 2.74. The van der Waals surface area contributed by atoms with Crippen LogP contribution in [0.15, 0.2) is 47.4 Å². The van der Waals surface area contributed by atoms with Crippen molar-refractivity contribution in [1.82, 2.24) is 5.32 Å². The van der Waals surface area contributed by atoms with Gasteiger partial charge in [-0.2, -0.15) is 0 Å². The van der Waals surface area contributed by atoms with Crippen molar-refractivity contribution >= 4 is 17.5 Å². The largest absolute Gasteiger partial charge is 0.512 e. The topological polar surface area (TPSA) is 75.3 Å². The van der Waals surface area contributed by atoms with Gasteiger partial charge in [-0.3, -0.25) is 4.79 Å². The maximum absolute atomic E-state index is 11.2. The minimum Gasteiger partial charge on any atom is -0.512 e. The Labute approximate surface area is 130 Å². The second-order valence-electron chi connectivity index (χ2n) is 5.60. The standard InChI is InChI=1S/C16H21ClN2O2/c1-10(19-9-11-3-2-4-13(20)7-11)12-5-6-14(16(18)21)15(17)8-12/h2-4,8,11-12,14,19-20H,1,5-7,9H2,(H2,18,21). The van der Waals surface area contributed by atoms with E-state index in [2.05, 4.69) is 18.0 Å². The van der Waals surface area contributed by atoms with Crippen LogP contribution in [0.25, 0.3) is 0 Å². The summed E-state index contributed by atoms with van der Waals surface area (Å²) in [6.45, 7) is 4.77. The van der Waals surface area contributed by atoms with E-state index in [1.807, 2.05) is 12.2 Å². The SMILES string of the molecule is C=C(NCC1C=CC=C(O)C1)C1C=C(Cl)C(C(N)=O)CC1. The highest BCUT2D eigenvalue weighted by Crippen LogP contribution is 2.33. The van der Waals surface area contributed by atoms with Crippen molar-refractivity contribution < 1.29 is 9.90 Å². The first-order chi connectivity index (χ1) is 9.97. The van der Waals surface area contributed by atoms with Gasteiger partial charge in [0.15, 0.2) is 0 Å². The molecule has 0 saturated heterocycles. The second kappa shape index (κ2) is 6.85. The summed E-state index contributed by atoms with van der Waals surface area (Å²) in [5.74, 6) is 0.0414. The van der Waals surface area contributed by atoms with Crippen LogP contribution < -0.4 is 11.1 Å². The number of carbonyl (C=O) groups excluding carboxylic acids is 1. The molecule has 0 aliphatic heterocycles. The number of rotatable bonds is 5. The van der Waals surface area contributed by atoms with Gasteiger partial charge >= 0.3 is 0 Å². The Morgan fingerprint density at radius 2 is 2.29 bits per heavy atom. The normalized spacial score (nSPS) is 28.5. The molecule has 3 unspecified atom stereocenters. The summed E-state index contributed by atoms with van der Waals surface area (Å²) < 4.78 is 0. The molecule has 3 atom stereocenters. The van der Waals surface area contributed by atoms with Crippen LogP contribution in [0.3, 0.4) is 0 Å². The fourth-order valence-electron chi connectivity index (χ4n) is 2.69. The maximum atomic E-state index is 11.2. The molecule has 0 fully saturated rings. The highest BCUT2D eigenvalue weighted by molar-refractivity contribution is 6.31. The summed E-state index contributed by atoms with van der Waals surface area (Å²) in [6.07, 6.45) is 9.60. The number of carbonyl (C=O) groups is 1. The molecular weight excluding hydrogens is 288 g/mol. The summed E-state index contributed by atoms with van der Waals surface area (Å²) >= 11 is 6.12. The summed E-state index contributed by atoms with van der Waals surface area (Å²) in [7, 11) is 0. The van der Waals surface area contributed by atoms with Gasteiger partial charge in [0.25, 0.3) is 0 Å². The van der Waals surface area contributed by atoms with Gasteiger partial charge < -0.3 is 16.2 Å². The molecule has 0 saturated carbocycles. The maximum Gasteiger partial charge on any atom is 0.225 e. The molecule has 114 valence electrons. The Morgan fingerprint density at radius 1 is 1.52 bits per heavy atom. The third-order valence-electron chi connectivity index (χ3n) is 3.99. The molecule has 0 aromatic rings. The fraction of sp³-hybridized carbons (Fsp3) is 0.438. The molecule has 1 amide bonds. The average Bonchev–Trinajstić information content (AvgIpc) is 2.44. The summed E-state index contributed by atoms with van der Waals surface area (Å²) in [6, 6.07) is 0. The van der Waals surface area contributed by atoms with Gasteiger partial charge in [-0.1, -0.05) is 36.4 Å². The van der Waals surface area contributed by atoms with Crippen molar-refractivity contribution in [2.45, 2.75) is 19.3 Å². The average molecular weight is 309 g/mol. The number of nitrogens with two attached hydrogens (primary N) is 1. The van der Waals surface area contributed by atoms with E-state index in [1.54, 1.807) is 6.08 Å². The lowest BCUT2D eigenvalue weighted by atomic mass is 9.86. The summed E-state index contributed by atoms with van der Waals surface area (Å²) in [4.78, 5) is 11.2. The minimum atomic E-state index is -0.372. The van der Waals surface area contributed by atoms with Gasteiger partial charge in [0.1, 0.15) is 0 Å². The summed E-state index contributed by atoms with van der Waals surface area (Å²) in [5, 5.41) is 13.3. The van der Waals surface area contributed by atoms with Crippen molar-refractivity contribution in [1.29, 1.82) is 0 Å². The Morgan fingerprint density at radius 3 is 2.90 bits per heavy atom. The van der Waals surface area contributed by atoms with Crippen LogP contribution in [0.1, 0.15) is 19.3 Å². The molecule has 4 nitrogen and oxygen atoms in total. The van der Waals surface area contributed by atoms with Crippen LogP contribution >= 0.6 is 11.6 Å². The molecule has 0 spiro atoms. The third-order valence-corrected chi connectivity index (χ3v) is 4.37. The van der Waals surface area contributed by atoms with Gasteiger partial charge in [-0.05, 0) is 18.9 Å². The quantitative estimate of drug-likeness (QED) is 0.731. The Bertz CT molecular complexity index is 522. The van der Waals surface area contributed by atoms with E-state index in [4.69, 9.17) is 17.3 Å². The van der Waals surface area contributed by atoms with Gasteiger partial charge in [0.2, 0.25) is 5.91 Å². The number of hydrogen-bond donors (Lipinski definition) is 3. The van der Waals surface area contributed by atoms with Crippen LogP contribution in [0.2, 0.25) is 0 Å². The zero-order chi connectivity index (χ0) is 15.4. The van der Waals surface area contributed by atoms with Crippen molar-refractivity contribution in [2.75, 3.05) is 6.54 Å². The zero-order valence-electron chi connectivity index (χ0n) is 11.9. The van der Waals surface area contributed by atoms with Gasteiger partial charge in [-0.15, -0.1) is 0 Å². The number of allylic oxidation sites excluding steroid dienone is 4. The Kier molecular flexibility index (Phi) is 5.12. The number of aliphatic hydroxyl groups excluding tert-OH is 1. The van der Waals surface area contributed by atoms with Crippen LogP contribution in [0, 0.1) is 17.8 Å². The molecule has 2 aliphatic carbocycles. The molecule has 0 aromatic carbocycles. The van der Waals surface area contributed by atoms with Crippen molar-refractivity contribution in [3.05, 3.63) is 47.4 Å². The van der Waals surface area contributed by atoms with Crippen LogP contribution in [-0.4, -0.2) is 17.6 Å². The van der Waals surface area contributed by atoms with E-state index in [-0.39, 0.29) is 23.7 Å². The van der Waals surface area contributed by atoms with Crippen LogP contribution in [0.5, 0.6) is 0 Å². The lowest BCUT2D eigenvalue weighted by molar-refractivity contribution is -0.120. The molecule has 21 heavy (non-hydrogen) atoms. The lowest BCUT2D eigenvalue weighted by Gasteiger charge is -2.27. The van der Waals surface area contributed by atoms with Crippen LogP contribution in [-0.2, 0) is 4.79 Å². The van der Waals surface area contributed by atoms with Crippen molar-refractivity contribution in [3.63, 3.8) is 0 Å². The Balaban J connectivity index is 1.86. The van der Waals surface area contributed by atoms with E-state index in [0.29, 0.717) is 30.2 Å². The highest BCUT2D eigenvalue weighted by Gasteiger charge is 2.27. The molecular formula is C16H21ClN2O2. The first-order valence-electron chi connectivity index (χ1n) is 7.13. The van der Waals surface area contributed by atoms with Crippen molar-refractivity contribution in [2.24, 2.45) is 23.5 Å². The minimum absolute atomic E-state index is 0.116. The molecule has 5 heteroatoms. The number of hydrogen-bond acceptors (Lipinski definition) is 3. The van der Waals surface area contributed by atoms with Gasteiger partial charge in [-0.25, -0.2) is 0 Å². The summed E-state index contributed by atoms with van der Waals surface area (Å²) in [5.41, 5.74) is 6.20. The molecule has 2 rings (SSSR count). The van der Waals surface area contributed by atoms with E-state index in [9.17, 15) is 9.90 Å². The first kappa shape index (κ1) is 15.7. The number of halogens is 1. The van der Waals surface area contributed by atoms with Crippen LogP contribution in [0.4, 0.5) is 0 Å². The fourth-order valence-corrected chi connectivity index (χ4v) is 3.06. The zero-order valence-corrected chi connectivity index (χ0v) is 12.6. The molecule has 2 aliphatic rings. The predicted molar refractivity (Wildman–Crippen MR) is 84.4 cm³/mol. The van der Waals surface area contributed by atoms with E-state index >= 15 is 0 Å².